The lowest BCUT2D eigenvalue weighted by molar-refractivity contribution is -0.115. The fourth-order valence-corrected chi connectivity index (χ4v) is 2.63. The van der Waals surface area contributed by atoms with Crippen molar-refractivity contribution in [1.82, 2.24) is 0 Å². The Morgan fingerprint density at radius 2 is 1.81 bits per heavy atom. The summed E-state index contributed by atoms with van der Waals surface area (Å²) in [5.74, 6) is -0.744. The third kappa shape index (κ3) is 4.10. The summed E-state index contributed by atoms with van der Waals surface area (Å²) in [7, 11) is 1.73. The van der Waals surface area contributed by atoms with Crippen LogP contribution in [0.3, 0.4) is 0 Å². The van der Waals surface area contributed by atoms with Gasteiger partial charge in [-0.25, -0.2) is 4.79 Å². The normalized spacial score (nSPS) is 10.1. The second-order valence-electron chi connectivity index (χ2n) is 4.41. The van der Waals surface area contributed by atoms with Crippen molar-refractivity contribution in [2.75, 3.05) is 17.7 Å². The van der Waals surface area contributed by atoms with E-state index in [1.807, 2.05) is 30.3 Å². The summed E-state index contributed by atoms with van der Waals surface area (Å²) in [6.45, 7) is 0. The number of carboxylic acids is 1. The Morgan fingerprint density at radius 1 is 1.10 bits per heavy atom. The largest absolute Gasteiger partial charge is 0.478 e. The standard InChI is InChI=1S/C16H15NO3S/c1-17(13-7-3-2-4-8-13)15(18)11-21-14-9-5-6-12(10-14)16(19)20/h2-10H,11H2,1H3,(H,19,20). The highest BCUT2D eigenvalue weighted by atomic mass is 32.2. The van der Waals surface area contributed by atoms with Gasteiger partial charge in [0.15, 0.2) is 0 Å². The van der Waals surface area contributed by atoms with E-state index in [2.05, 4.69) is 0 Å². The zero-order valence-electron chi connectivity index (χ0n) is 11.5. The Kier molecular flexibility index (Phi) is 5.00. The number of anilines is 1. The first-order valence-electron chi connectivity index (χ1n) is 6.35. The number of nitrogens with zero attached hydrogens (tertiary/aromatic N) is 1. The highest BCUT2D eigenvalue weighted by molar-refractivity contribution is 8.00. The summed E-state index contributed by atoms with van der Waals surface area (Å²) < 4.78 is 0. The van der Waals surface area contributed by atoms with E-state index in [-0.39, 0.29) is 17.2 Å². The lowest BCUT2D eigenvalue weighted by Crippen LogP contribution is -2.27. The molecule has 0 radical (unpaired) electrons. The molecule has 0 unspecified atom stereocenters. The number of hydrogen-bond acceptors (Lipinski definition) is 3. The van der Waals surface area contributed by atoms with E-state index in [1.165, 1.54) is 17.8 Å². The van der Waals surface area contributed by atoms with Gasteiger partial charge in [-0.05, 0) is 30.3 Å². The number of carboxylic acid groups (broad SMARTS) is 1. The van der Waals surface area contributed by atoms with Gasteiger partial charge in [0.1, 0.15) is 0 Å². The van der Waals surface area contributed by atoms with E-state index < -0.39 is 5.97 Å². The van der Waals surface area contributed by atoms with Gasteiger partial charge in [-0.15, -0.1) is 11.8 Å². The second kappa shape index (κ2) is 6.95. The van der Waals surface area contributed by atoms with Gasteiger partial charge in [-0.2, -0.15) is 0 Å². The topological polar surface area (TPSA) is 57.6 Å². The third-order valence-corrected chi connectivity index (χ3v) is 3.94. The molecule has 1 amide bonds. The molecule has 0 fully saturated rings. The molecule has 0 aliphatic rings. The molecule has 0 heterocycles. The predicted molar refractivity (Wildman–Crippen MR) is 84.0 cm³/mol. The van der Waals surface area contributed by atoms with E-state index in [0.717, 1.165) is 10.6 Å². The van der Waals surface area contributed by atoms with Gasteiger partial charge in [-0.3, -0.25) is 4.79 Å². The first-order chi connectivity index (χ1) is 10.1. The maximum atomic E-state index is 12.1. The number of aromatic carboxylic acids is 1. The van der Waals surface area contributed by atoms with E-state index in [9.17, 15) is 9.59 Å². The average Bonchev–Trinajstić information content (AvgIpc) is 2.53. The van der Waals surface area contributed by atoms with Gasteiger partial charge in [-0.1, -0.05) is 24.3 Å². The Labute approximate surface area is 127 Å². The van der Waals surface area contributed by atoms with Crippen LogP contribution in [-0.4, -0.2) is 29.8 Å². The van der Waals surface area contributed by atoms with Crippen molar-refractivity contribution in [1.29, 1.82) is 0 Å². The number of carbonyl (C=O) groups excluding carboxylic acids is 1. The molecule has 4 nitrogen and oxygen atoms in total. The second-order valence-corrected chi connectivity index (χ2v) is 5.46. The minimum atomic E-state index is -0.967. The summed E-state index contributed by atoms with van der Waals surface area (Å²) >= 11 is 1.33. The molecule has 2 aromatic carbocycles. The number of carbonyl (C=O) groups is 2. The number of thioether (sulfide) groups is 1. The first kappa shape index (κ1) is 15.1. The van der Waals surface area contributed by atoms with Crippen LogP contribution in [0.2, 0.25) is 0 Å². The summed E-state index contributed by atoms with van der Waals surface area (Å²) in [6.07, 6.45) is 0. The molecule has 0 bridgehead atoms. The van der Waals surface area contributed by atoms with Crippen LogP contribution < -0.4 is 4.90 Å². The highest BCUT2D eigenvalue weighted by Crippen LogP contribution is 2.21. The number of rotatable bonds is 5. The summed E-state index contributed by atoms with van der Waals surface area (Å²) in [4.78, 5) is 25.4. The Morgan fingerprint density at radius 3 is 2.48 bits per heavy atom. The van der Waals surface area contributed by atoms with E-state index in [0.29, 0.717) is 0 Å². The van der Waals surface area contributed by atoms with E-state index in [1.54, 1.807) is 30.1 Å². The molecule has 0 aromatic heterocycles. The van der Waals surface area contributed by atoms with Crippen molar-refractivity contribution < 1.29 is 14.7 Å². The molecule has 108 valence electrons. The van der Waals surface area contributed by atoms with Crippen molar-refractivity contribution in [2.45, 2.75) is 4.90 Å². The molecule has 0 atom stereocenters. The van der Waals surface area contributed by atoms with Gasteiger partial charge in [0.25, 0.3) is 0 Å². The number of para-hydroxylation sites is 1. The van der Waals surface area contributed by atoms with Gasteiger partial charge in [0.2, 0.25) is 5.91 Å². The van der Waals surface area contributed by atoms with Crippen LogP contribution >= 0.6 is 11.8 Å². The Hall–Kier alpha value is -2.27. The van der Waals surface area contributed by atoms with Crippen LogP contribution in [0.1, 0.15) is 10.4 Å². The lowest BCUT2D eigenvalue weighted by atomic mass is 10.2. The molecule has 0 aliphatic heterocycles. The fourth-order valence-electron chi connectivity index (χ4n) is 1.76. The molecular formula is C16H15NO3S. The minimum Gasteiger partial charge on any atom is -0.478 e. The molecule has 0 aliphatic carbocycles. The molecular weight excluding hydrogens is 286 g/mol. The van der Waals surface area contributed by atoms with Crippen molar-refractivity contribution in [3.05, 3.63) is 60.2 Å². The van der Waals surface area contributed by atoms with Gasteiger partial charge in [0.05, 0.1) is 11.3 Å². The van der Waals surface area contributed by atoms with Gasteiger partial charge in [0, 0.05) is 17.6 Å². The van der Waals surface area contributed by atoms with Crippen molar-refractivity contribution in [3.63, 3.8) is 0 Å². The number of amides is 1. The molecule has 0 saturated heterocycles. The fraction of sp³-hybridized carbons (Fsp3) is 0.125. The van der Waals surface area contributed by atoms with Crippen LogP contribution in [-0.2, 0) is 4.79 Å². The quantitative estimate of drug-likeness (QED) is 0.862. The van der Waals surface area contributed by atoms with Crippen LogP contribution in [0.5, 0.6) is 0 Å². The van der Waals surface area contributed by atoms with Gasteiger partial charge < -0.3 is 10.0 Å². The van der Waals surface area contributed by atoms with E-state index >= 15 is 0 Å². The Balaban J connectivity index is 1.98. The predicted octanol–water partition coefficient (Wildman–Crippen LogP) is 3.14. The van der Waals surface area contributed by atoms with Crippen molar-refractivity contribution in [2.24, 2.45) is 0 Å². The zero-order chi connectivity index (χ0) is 15.2. The van der Waals surface area contributed by atoms with Crippen molar-refractivity contribution in [3.8, 4) is 0 Å². The van der Waals surface area contributed by atoms with Crippen LogP contribution in [0, 0.1) is 0 Å². The monoisotopic (exact) mass is 301 g/mol. The maximum absolute atomic E-state index is 12.1. The number of benzene rings is 2. The molecule has 2 aromatic rings. The first-order valence-corrected chi connectivity index (χ1v) is 7.34. The van der Waals surface area contributed by atoms with Crippen LogP contribution in [0.15, 0.2) is 59.5 Å². The molecule has 5 heteroatoms. The molecule has 21 heavy (non-hydrogen) atoms. The lowest BCUT2D eigenvalue weighted by Gasteiger charge is -2.16. The molecule has 1 N–H and O–H groups in total. The third-order valence-electron chi connectivity index (χ3n) is 2.96. The molecule has 0 spiro atoms. The zero-order valence-corrected chi connectivity index (χ0v) is 12.3. The smallest absolute Gasteiger partial charge is 0.335 e. The summed E-state index contributed by atoms with van der Waals surface area (Å²) in [5.41, 5.74) is 1.06. The summed E-state index contributed by atoms with van der Waals surface area (Å²) in [5, 5.41) is 8.94. The van der Waals surface area contributed by atoms with E-state index in [4.69, 9.17) is 5.11 Å². The van der Waals surface area contributed by atoms with Crippen LogP contribution in [0.25, 0.3) is 0 Å². The van der Waals surface area contributed by atoms with Gasteiger partial charge >= 0.3 is 5.97 Å². The summed E-state index contributed by atoms with van der Waals surface area (Å²) in [6, 6.07) is 16.0. The average molecular weight is 301 g/mol. The SMILES string of the molecule is CN(C(=O)CSc1cccc(C(=O)O)c1)c1ccccc1. The Bertz CT molecular complexity index is 643. The molecule has 0 saturated carbocycles. The maximum Gasteiger partial charge on any atom is 0.335 e. The molecule has 2 rings (SSSR count). The number of hydrogen-bond donors (Lipinski definition) is 1. The van der Waals surface area contributed by atoms with Crippen LogP contribution in [0.4, 0.5) is 5.69 Å². The minimum absolute atomic E-state index is 0.0353. The van der Waals surface area contributed by atoms with Crippen molar-refractivity contribution >= 4 is 29.3 Å². The highest BCUT2D eigenvalue weighted by Gasteiger charge is 2.11.